The van der Waals surface area contributed by atoms with Gasteiger partial charge in [-0.3, -0.25) is 9.59 Å². The summed E-state index contributed by atoms with van der Waals surface area (Å²) < 4.78 is 17.5. The molecule has 43 heavy (non-hydrogen) atoms. The Hall–Kier alpha value is -2.34. The zero-order chi connectivity index (χ0) is 32.4. The first kappa shape index (κ1) is 35.1. The Morgan fingerprint density at radius 1 is 1.14 bits per heavy atom. The summed E-state index contributed by atoms with van der Waals surface area (Å²) in [6, 6.07) is -1.95. The highest BCUT2D eigenvalue weighted by Crippen LogP contribution is 2.47. The second kappa shape index (κ2) is 13.3. The van der Waals surface area contributed by atoms with Crippen LogP contribution in [0.4, 0.5) is 4.79 Å². The number of alkyl carbamates (subject to hydrolysis) is 1. The number of carbonyl (C=O) groups excluding carboxylic acids is 4. The van der Waals surface area contributed by atoms with Gasteiger partial charge < -0.3 is 29.4 Å². The highest BCUT2D eigenvalue weighted by atomic mass is 28.4. The van der Waals surface area contributed by atoms with Gasteiger partial charge in [-0.1, -0.05) is 45.8 Å². The van der Waals surface area contributed by atoms with E-state index < -0.39 is 67.5 Å². The van der Waals surface area contributed by atoms with Crippen molar-refractivity contribution in [2.24, 2.45) is 5.92 Å². The molecule has 0 aromatic rings. The highest BCUT2D eigenvalue weighted by Gasteiger charge is 2.62. The normalized spacial score (nSPS) is 31.5. The van der Waals surface area contributed by atoms with Gasteiger partial charge in [0.1, 0.15) is 31.1 Å². The Balaban J connectivity index is 2.00. The van der Waals surface area contributed by atoms with E-state index in [1.54, 1.807) is 27.7 Å². The van der Waals surface area contributed by atoms with Crippen molar-refractivity contribution in [1.82, 2.24) is 15.5 Å². The summed E-state index contributed by atoms with van der Waals surface area (Å²) in [6.45, 7) is 17.7. The zero-order valence-electron chi connectivity index (χ0n) is 27.6. The molecular weight excluding hydrogens is 565 g/mol. The van der Waals surface area contributed by atoms with Gasteiger partial charge in [-0.2, -0.15) is 0 Å². The van der Waals surface area contributed by atoms with E-state index in [0.717, 1.165) is 19.3 Å². The van der Waals surface area contributed by atoms with Crippen LogP contribution in [0.5, 0.6) is 0 Å². The Kier molecular flexibility index (Phi) is 10.9. The van der Waals surface area contributed by atoms with Gasteiger partial charge in [0.25, 0.3) is 0 Å². The molecule has 2 fully saturated rings. The van der Waals surface area contributed by atoms with E-state index in [1.165, 1.54) is 4.90 Å². The molecule has 2 radical (unpaired) electrons. The summed E-state index contributed by atoms with van der Waals surface area (Å²) >= 11 is 0. The van der Waals surface area contributed by atoms with Gasteiger partial charge in [0, 0.05) is 18.3 Å². The molecule has 0 aromatic heterocycles. The number of nitrogens with one attached hydrogen (secondary N) is 2. The molecule has 240 valence electrons. The maximum Gasteiger partial charge on any atom is 0.408 e. The molecule has 2 N–H and O–H groups in total. The molecule has 12 heteroatoms. The SMILES string of the molecule is [B]C1C(O[Si](C)(C)C(C)(C)C)C[C@H]2C(=O)N[C@]3(C(=O)OCC)C[C@H]3/C=C\CCCCC[C@H](NC(=O)OC(C)(C)C)C(=O)N12. The summed E-state index contributed by atoms with van der Waals surface area (Å²) in [5, 5.41) is 5.59. The van der Waals surface area contributed by atoms with Crippen LogP contribution in [0.3, 0.4) is 0 Å². The van der Waals surface area contributed by atoms with Crippen LogP contribution in [0.1, 0.15) is 93.4 Å². The highest BCUT2D eigenvalue weighted by molar-refractivity contribution is 6.74. The molecule has 0 spiro atoms. The van der Waals surface area contributed by atoms with Gasteiger partial charge in [-0.15, -0.1) is 0 Å². The Morgan fingerprint density at radius 2 is 1.81 bits per heavy atom. The van der Waals surface area contributed by atoms with E-state index >= 15 is 0 Å². The Bertz CT molecular complexity index is 1090. The van der Waals surface area contributed by atoms with Crippen molar-refractivity contribution in [3.63, 3.8) is 0 Å². The fourth-order valence-electron chi connectivity index (χ4n) is 5.51. The third kappa shape index (κ3) is 8.44. The van der Waals surface area contributed by atoms with Gasteiger partial charge in [-0.05, 0) is 71.5 Å². The summed E-state index contributed by atoms with van der Waals surface area (Å²) in [5.41, 5.74) is -1.94. The minimum atomic E-state index is -2.34. The fraction of sp³-hybridized carbons (Fsp3) is 0.806. The maximum absolute atomic E-state index is 14.3. The number of amides is 3. The summed E-state index contributed by atoms with van der Waals surface area (Å²) in [4.78, 5) is 55.6. The quantitative estimate of drug-likeness (QED) is 0.268. The molecule has 1 saturated carbocycles. The molecule has 3 amide bonds. The van der Waals surface area contributed by atoms with E-state index in [2.05, 4.69) is 44.5 Å². The van der Waals surface area contributed by atoms with Crippen molar-refractivity contribution in [2.45, 2.75) is 147 Å². The first-order chi connectivity index (χ1) is 19.8. The molecule has 0 bridgehead atoms. The maximum atomic E-state index is 14.3. The van der Waals surface area contributed by atoms with Crippen molar-refractivity contribution in [2.75, 3.05) is 6.61 Å². The van der Waals surface area contributed by atoms with Crippen LogP contribution >= 0.6 is 0 Å². The van der Waals surface area contributed by atoms with Gasteiger partial charge >= 0.3 is 12.1 Å². The average molecular weight is 618 g/mol. The molecule has 1 saturated heterocycles. The topological polar surface area (TPSA) is 123 Å². The third-order valence-corrected chi connectivity index (χ3v) is 13.5. The lowest BCUT2D eigenvalue weighted by Crippen LogP contribution is -2.59. The lowest BCUT2D eigenvalue weighted by molar-refractivity contribution is -0.150. The molecular formula is C31H52BN3O7Si. The first-order valence-electron chi connectivity index (χ1n) is 15.7. The van der Waals surface area contributed by atoms with Gasteiger partial charge in [0.2, 0.25) is 11.8 Å². The van der Waals surface area contributed by atoms with E-state index in [9.17, 15) is 19.2 Å². The number of esters is 1. The predicted molar refractivity (Wildman–Crippen MR) is 168 cm³/mol. The van der Waals surface area contributed by atoms with Crippen LogP contribution in [-0.4, -0.2) is 86.8 Å². The van der Waals surface area contributed by atoms with Crippen molar-refractivity contribution < 1.29 is 33.1 Å². The number of allylic oxidation sites excluding steroid dienone is 1. The second-order valence-corrected chi connectivity index (χ2v) is 19.4. The van der Waals surface area contributed by atoms with Gasteiger partial charge in [0.15, 0.2) is 8.32 Å². The van der Waals surface area contributed by atoms with Crippen LogP contribution in [-0.2, 0) is 28.3 Å². The van der Waals surface area contributed by atoms with Gasteiger partial charge in [0.05, 0.1) is 12.7 Å². The summed E-state index contributed by atoms with van der Waals surface area (Å²) in [5.74, 6) is -2.56. The first-order valence-corrected chi connectivity index (χ1v) is 18.6. The smallest absolute Gasteiger partial charge is 0.408 e. The van der Waals surface area contributed by atoms with Crippen LogP contribution in [0.25, 0.3) is 0 Å². The number of hydrogen-bond acceptors (Lipinski definition) is 7. The molecule has 0 aromatic carbocycles. The third-order valence-electron chi connectivity index (χ3n) is 9.02. The molecule has 10 nitrogen and oxygen atoms in total. The lowest BCUT2D eigenvalue weighted by atomic mass is 9.91. The molecule has 3 aliphatic rings. The lowest BCUT2D eigenvalue weighted by Gasteiger charge is -2.40. The van der Waals surface area contributed by atoms with Crippen molar-refractivity contribution in [3.8, 4) is 0 Å². The number of rotatable bonds is 5. The molecule has 3 rings (SSSR count). The van der Waals surface area contributed by atoms with Crippen molar-refractivity contribution in [3.05, 3.63) is 12.2 Å². The molecule has 1 aliphatic carbocycles. The van der Waals surface area contributed by atoms with E-state index in [1.807, 2.05) is 12.2 Å². The number of fused-ring (bicyclic) bond motifs is 2. The average Bonchev–Trinajstić information content (AvgIpc) is 3.47. The van der Waals surface area contributed by atoms with Crippen LogP contribution in [0, 0.1) is 5.92 Å². The minimum absolute atomic E-state index is 0.127. The van der Waals surface area contributed by atoms with Crippen molar-refractivity contribution >= 4 is 40.0 Å². The number of hydrogen-bond donors (Lipinski definition) is 2. The minimum Gasteiger partial charge on any atom is -0.464 e. The monoisotopic (exact) mass is 617 g/mol. The summed E-state index contributed by atoms with van der Waals surface area (Å²) in [6.07, 6.45) is 6.86. The molecule has 2 heterocycles. The van der Waals surface area contributed by atoms with E-state index in [-0.39, 0.29) is 24.0 Å². The summed E-state index contributed by atoms with van der Waals surface area (Å²) in [7, 11) is 4.41. The van der Waals surface area contributed by atoms with Crippen LogP contribution in [0.2, 0.25) is 18.1 Å². The van der Waals surface area contributed by atoms with E-state index in [4.69, 9.17) is 21.7 Å². The Morgan fingerprint density at radius 3 is 2.42 bits per heavy atom. The van der Waals surface area contributed by atoms with Crippen LogP contribution in [0.15, 0.2) is 12.2 Å². The fourth-order valence-corrected chi connectivity index (χ4v) is 6.86. The molecule has 2 aliphatic heterocycles. The molecule has 2 unspecified atom stereocenters. The standard InChI is InChI=1S/C31H52BN3O7Si/c1-10-40-27(38)31-19-20(31)16-14-12-11-13-15-17-21(33-28(39)41-29(2,3)4)26(37)35-22(25(36)34-31)18-23(24(35)32)42-43(8,9)30(5,6)7/h14,16,20-24H,10-13,15,17-19H2,1-9H3,(H,33,39)(H,34,36)/b16-14-/t20-,21+,22+,23?,24?,31-/m1/s1. The predicted octanol–water partition coefficient (Wildman–Crippen LogP) is 4.32. The van der Waals surface area contributed by atoms with E-state index in [0.29, 0.717) is 19.3 Å². The molecule has 6 atom stereocenters. The number of carbonyl (C=O) groups is 4. The Labute approximate surface area is 259 Å². The largest absolute Gasteiger partial charge is 0.464 e. The zero-order valence-corrected chi connectivity index (χ0v) is 28.6. The van der Waals surface area contributed by atoms with Gasteiger partial charge in [-0.25, -0.2) is 9.59 Å². The number of ether oxygens (including phenoxy) is 2. The number of nitrogens with zero attached hydrogens (tertiary/aromatic N) is 1. The second-order valence-electron chi connectivity index (χ2n) is 14.7. The van der Waals surface area contributed by atoms with Crippen LogP contribution < -0.4 is 10.6 Å². The van der Waals surface area contributed by atoms with Crippen molar-refractivity contribution in [1.29, 1.82) is 0 Å².